The maximum Gasteiger partial charge on any atom is 0.228 e. The molecule has 3 N–H and O–H groups in total. The molecule has 0 radical (unpaired) electrons. The van der Waals surface area contributed by atoms with Crippen molar-refractivity contribution in [2.24, 2.45) is 0 Å². The first-order valence-electron chi connectivity index (χ1n) is 9.01. The molecule has 1 aromatic heterocycles. The molecule has 0 atom stereocenters. The van der Waals surface area contributed by atoms with Crippen LogP contribution in [0.2, 0.25) is 0 Å². The average Bonchev–Trinajstić information content (AvgIpc) is 3.11. The Morgan fingerprint density at radius 1 is 0.815 bits per heavy atom. The van der Waals surface area contributed by atoms with Gasteiger partial charge in [0.15, 0.2) is 0 Å². The van der Waals surface area contributed by atoms with Gasteiger partial charge in [-0.3, -0.25) is 4.79 Å². The molecule has 1 amide bonds. The van der Waals surface area contributed by atoms with E-state index >= 15 is 0 Å². The molecule has 4 rings (SSSR count). The Balaban J connectivity index is 1.34. The van der Waals surface area contributed by atoms with E-state index in [-0.39, 0.29) is 5.91 Å². The molecule has 27 heavy (non-hydrogen) atoms. The minimum Gasteiger partial charge on any atom is -0.381 e. The summed E-state index contributed by atoms with van der Waals surface area (Å²) in [6.07, 6.45) is 2.25. The predicted molar refractivity (Wildman–Crippen MR) is 111 cm³/mol. The van der Waals surface area contributed by atoms with Gasteiger partial charge in [-0.05, 0) is 41.5 Å². The minimum absolute atomic E-state index is 0.0234. The molecule has 0 aliphatic heterocycles. The highest BCUT2D eigenvalue weighted by Crippen LogP contribution is 2.19. The van der Waals surface area contributed by atoms with Crippen molar-refractivity contribution < 1.29 is 4.79 Å². The molecule has 0 fully saturated rings. The smallest absolute Gasteiger partial charge is 0.228 e. The highest BCUT2D eigenvalue weighted by molar-refractivity contribution is 5.95. The van der Waals surface area contributed by atoms with Gasteiger partial charge in [0.25, 0.3) is 0 Å². The van der Waals surface area contributed by atoms with Crippen molar-refractivity contribution in [2.75, 3.05) is 10.6 Å². The fourth-order valence-corrected chi connectivity index (χ4v) is 3.13. The summed E-state index contributed by atoms with van der Waals surface area (Å²) >= 11 is 0. The Morgan fingerprint density at radius 2 is 1.52 bits per heavy atom. The summed E-state index contributed by atoms with van der Waals surface area (Å²) in [4.78, 5) is 15.6. The van der Waals surface area contributed by atoms with E-state index in [0.717, 1.165) is 34.4 Å². The summed E-state index contributed by atoms with van der Waals surface area (Å²) in [5.41, 5.74) is 5.10. The van der Waals surface area contributed by atoms with E-state index in [2.05, 4.69) is 27.8 Å². The molecule has 0 aliphatic rings. The number of carbonyl (C=O) groups is 1. The number of aromatic amines is 1. The summed E-state index contributed by atoms with van der Waals surface area (Å²) in [5.74, 6) is -0.0234. The molecule has 0 bridgehead atoms. The van der Waals surface area contributed by atoms with Gasteiger partial charge in [-0.25, -0.2) is 0 Å². The van der Waals surface area contributed by atoms with E-state index in [9.17, 15) is 4.79 Å². The summed E-state index contributed by atoms with van der Waals surface area (Å²) in [6, 6.07) is 26.0. The van der Waals surface area contributed by atoms with Crippen LogP contribution < -0.4 is 10.6 Å². The van der Waals surface area contributed by atoms with Crippen molar-refractivity contribution in [2.45, 2.75) is 13.0 Å². The van der Waals surface area contributed by atoms with Crippen LogP contribution in [0.15, 0.2) is 85.1 Å². The third-order valence-corrected chi connectivity index (χ3v) is 4.53. The Kier molecular flexibility index (Phi) is 4.88. The second-order valence-corrected chi connectivity index (χ2v) is 6.50. The van der Waals surface area contributed by atoms with Gasteiger partial charge in [0.2, 0.25) is 5.91 Å². The molecular formula is C23H21N3O. The first-order valence-corrected chi connectivity index (χ1v) is 9.01. The molecule has 4 heteroatoms. The number of hydrogen-bond donors (Lipinski definition) is 3. The number of benzene rings is 3. The third kappa shape index (κ3) is 4.18. The molecule has 0 aliphatic carbocycles. The topological polar surface area (TPSA) is 56.9 Å². The molecule has 0 saturated heterocycles. The lowest BCUT2D eigenvalue weighted by Crippen LogP contribution is -2.14. The Hall–Kier alpha value is -3.53. The Labute approximate surface area is 158 Å². The van der Waals surface area contributed by atoms with Crippen LogP contribution in [0, 0.1) is 0 Å². The Bertz CT molecular complexity index is 1040. The van der Waals surface area contributed by atoms with Crippen molar-refractivity contribution in [3.05, 3.63) is 96.2 Å². The lowest BCUT2D eigenvalue weighted by atomic mass is 10.1. The molecule has 0 unspecified atom stereocenters. The van der Waals surface area contributed by atoms with Gasteiger partial charge in [-0.1, -0.05) is 48.5 Å². The van der Waals surface area contributed by atoms with Crippen molar-refractivity contribution in [3.63, 3.8) is 0 Å². The number of carbonyl (C=O) groups excluding carboxylic acids is 1. The van der Waals surface area contributed by atoms with Crippen molar-refractivity contribution in [1.29, 1.82) is 0 Å². The molecule has 4 aromatic rings. The van der Waals surface area contributed by atoms with E-state index in [1.807, 2.05) is 72.9 Å². The molecule has 0 spiro atoms. The number of H-pyrrole nitrogens is 1. The van der Waals surface area contributed by atoms with Gasteiger partial charge >= 0.3 is 0 Å². The Morgan fingerprint density at radius 3 is 2.33 bits per heavy atom. The fraction of sp³-hybridized carbons (Fsp3) is 0.0870. The van der Waals surface area contributed by atoms with Gasteiger partial charge in [0.1, 0.15) is 0 Å². The van der Waals surface area contributed by atoms with E-state index in [4.69, 9.17) is 0 Å². The second kappa shape index (κ2) is 7.79. The summed E-state index contributed by atoms with van der Waals surface area (Å²) < 4.78 is 0. The number of hydrogen-bond acceptors (Lipinski definition) is 2. The number of amides is 1. The summed E-state index contributed by atoms with van der Waals surface area (Å²) in [7, 11) is 0. The zero-order chi connectivity index (χ0) is 18.5. The highest BCUT2D eigenvalue weighted by Gasteiger charge is 2.09. The molecule has 3 aromatic carbocycles. The van der Waals surface area contributed by atoms with E-state index in [1.165, 1.54) is 5.56 Å². The normalized spacial score (nSPS) is 10.7. The molecule has 0 saturated carbocycles. The number of nitrogens with one attached hydrogen (secondary N) is 3. The van der Waals surface area contributed by atoms with Gasteiger partial charge < -0.3 is 15.6 Å². The standard InChI is InChI=1S/C23H21N3O/c27-23(14-18-16-25-22-9-5-4-8-21(18)22)26-20-12-10-19(11-13-20)24-15-17-6-2-1-3-7-17/h1-13,16,24-25H,14-15H2,(H,26,27). The number of rotatable bonds is 6. The zero-order valence-corrected chi connectivity index (χ0v) is 14.9. The van der Waals surface area contributed by atoms with E-state index < -0.39 is 0 Å². The summed E-state index contributed by atoms with van der Waals surface area (Å²) in [6.45, 7) is 0.771. The predicted octanol–water partition coefficient (Wildman–Crippen LogP) is 4.96. The van der Waals surface area contributed by atoms with E-state index in [1.54, 1.807) is 0 Å². The van der Waals surface area contributed by atoms with Crippen LogP contribution in [0.5, 0.6) is 0 Å². The summed E-state index contributed by atoms with van der Waals surface area (Å²) in [5, 5.41) is 7.44. The maximum atomic E-state index is 12.4. The lowest BCUT2D eigenvalue weighted by Gasteiger charge is -2.09. The zero-order valence-electron chi connectivity index (χ0n) is 14.9. The third-order valence-electron chi connectivity index (χ3n) is 4.53. The SMILES string of the molecule is O=C(Cc1c[nH]c2ccccc12)Nc1ccc(NCc2ccccc2)cc1. The first-order chi connectivity index (χ1) is 13.3. The van der Waals surface area contributed by atoms with Gasteiger partial charge in [0, 0.05) is 35.0 Å². The van der Waals surface area contributed by atoms with Gasteiger partial charge in [-0.2, -0.15) is 0 Å². The number of fused-ring (bicyclic) bond motifs is 1. The van der Waals surface area contributed by atoms with E-state index in [0.29, 0.717) is 6.42 Å². The monoisotopic (exact) mass is 355 g/mol. The minimum atomic E-state index is -0.0234. The van der Waals surface area contributed by atoms with Crippen LogP contribution in [0.25, 0.3) is 10.9 Å². The largest absolute Gasteiger partial charge is 0.381 e. The van der Waals surface area contributed by atoms with Gasteiger partial charge in [-0.15, -0.1) is 0 Å². The first kappa shape index (κ1) is 16.9. The number of anilines is 2. The fourth-order valence-electron chi connectivity index (χ4n) is 3.13. The van der Waals surface area contributed by atoms with Crippen LogP contribution in [-0.2, 0) is 17.8 Å². The van der Waals surface area contributed by atoms with Crippen molar-refractivity contribution >= 4 is 28.2 Å². The molecule has 134 valence electrons. The van der Waals surface area contributed by atoms with Crippen molar-refractivity contribution in [3.8, 4) is 0 Å². The van der Waals surface area contributed by atoms with Crippen LogP contribution in [0.1, 0.15) is 11.1 Å². The lowest BCUT2D eigenvalue weighted by molar-refractivity contribution is -0.115. The average molecular weight is 355 g/mol. The second-order valence-electron chi connectivity index (χ2n) is 6.50. The van der Waals surface area contributed by atoms with Crippen LogP contribution in [-0.4, -0.2) is 10.9 Å². The number of aromatic nitrogens is 1. The number of para-hydroxylation sites is 1. The molecule has 4 nitrogen and oxygen atoms in total. The molecular weight excluding hydrogens is 334 g/mol. The van der Waals surface area contributed by atoms with Crippen LogP contribution in [0.3, 0.4) is 0 Å². The maximum absolute atomic E-state index is 12.4. The van der Waals surface area contributed by atoms with Crippen molar-refractivity contribution in [1.82, 2.24) is 4.98 Å². The van der Waals surface area contributed by atoms with Gasteiger partial charge in [0.05, 0.1) is 6.42 Å². The molecule has 1 heterocycles. The van der Waals surface area contributed by atoms with Crippen LogP contribution in [0.4, 0.5) is 11.4 Å². The quantitative estimate of drug-likeness (QED) is 0.458. The highest BCUT2D eigenvalue weighted by atomic mass is 16.1. The van der Waals surface area contributed by atoms with Crippen LogP contribution >= 0.6 is 0 Å².